The summed E-state index contributed by atoms with van der Waals surface area (Å²) in [7, 11) is 0. The topological polar surface area (TPSA) is 79.5 Å². The second-order valence-corrected chi connectivity index (χ2v) is 8.30. The maximum absolute atomic E-state index is 15.0. The van der Waals surface area contributed by atoms with E-state index in [1.54, 1.807) is 31.2 Å². The summed E-state index contributed by atoms with van der Waals surface area (Å²) in [5.74, 6) is -3.67. The molecule has 1 aliphatic carbocycles. The van der Waals surface area contributed by atoms with Crippen LogP contribution in [-0.2, 0) is 4.79 Å². The molecular weight excluding hydrogens is 409 g/mol. The van der Waals surface area contributed by atoms with Crippen LogP contribution in [0.2, 0.25) is 5.02 Å². The molecule has 1 aromatic heterocycles. The second-order valence-electron chi connectivity index (χ2n) is 7.86. The molecule has 1 aliphatic rings. The maximum Gasteiger partial charge on any atom is 0.311 e. The minimum atomic E-state index is -1.06. The van der Waals surface area contributed by atoms with Crippen molar-refractivity contribution in [2.24, 2.45) is 5.92 Å². The number of aliphatic carboxylic acids is 1. The molecule has 1 fully saturated rings. The highest BCUT2D eigenvalue weighted by atomic mass is 35.5. The lowest BCUT2D eigenvalue weighted by Gasteiger charge is -2.28. The van der Waals surface area contributed by atoms with Crippen LogP contribution in [0.4, 0.5) is 4.39 Å². The zero-order chi connectivity index (χ0) is 21.6. The number of aromatic hydroxyl groups is 1. The number of phenolic OH excluding ortho intramolecular Hbond substituents is 1. The van der Waals surface area contributed by atoms with Crippen molar-refractivity contribution in [3.8, 4) is 5.75 Å². The first-order valence-electron chi connectivity index (χ1n) is 9.85. The zero-order valence-corrected chi connectivity index (χ0v) is 17.1. The van der Waals surface area contributed by atoms with E-state index in [1.807, 2.05) is 0 Å². The van der Waals surface area contributed by atoms with Gasteiger partial charge in [-0.25, -0.2) is 4.39 Å². The Hall–Kier alpha value is -2.86. The molecule has 4 rings (SSSR count). The number of carboxylic acids is 1. The number of phenols is 1. The van der Waals surface area contributed by atoms with E-state index in [2.05, 4.69) is 0 Å². The first-order chi connectivity index (χ1) is 14.3. The Kier molecular flexibility index (Phi) is 5.28. The van der Waals surface area contributed by atoms with Gasteiger partial charge >= 0.3 is 5.97 Å². The van der Waals surface area contributed by atoms with Gasteiger partial charge in [0.05, 0.1) is 11.4 Å². The van der Waals surface area contributed by atoms with Gasteiger partial charge in [0.2, 0.25) is 0 Å². The molecule has 0 saturated heterocycles. The number of hydrogen-bond donors (Lipinski definition) is 2. The Morgan fingerprint density at radius 3 is 2.43 bits per heavy atom. The summed E-state index contributed by atoms with van der Waals surface area (Å²) in [6.07, 6.45) is 3.32. The lowest BCUT2D eigenvalue weighted by atomic mass is 9.76. The van der Waals surface area contributed by atoms with E-state index >= 15 is 4.39 Å². The molecule has 0 bridgehead atoms. The van der Waals surface area contributed by atoms with E-state index < -0.39 is 29.4 Å². The van der Waals surface area contributed by atoms with Crippen LogP contribution in [0.3, 0.4) is 0 Å². The Morgan fingerprint density at radius 1 is 1.20 bits per heavy atom. The van der Waals surface area contributed by atoms with Crippen molar-refractivity contribution in [3.05, 3.63) is 64.1 Å². The van der Waals surface area contributed by atoms with Gasteiger partial charge in [0, 0.05) is 21.7 Å². The molecule has 3 aromatic rings. The fourth-order valence-corrected chi connectivity index (χ4v) is 4.42. The molecule has 0 amide bonds. The molecule has 0 radical (unpaired) electrons. The number of carboxylic acid groups (broad SMARTS) is 1. The number of fused-ring (bicyclic) bond motifs is 1. The summed E-state index contributed by atoms with van der Waals surface area (Å²) in [6.45, 7) is 1.62. The monoisotopic (exact) mass is 429 g/mol. The van der Waals surface area contributed by atoms with Crippen LogP contribution in [0.15, 0.2) is 36.4 Å². The van der Waals surface area contributed by atoms with Crippen molar-refractivity contribution in [1.82, 2.24) is 4.57 Å². The van der Waals surface area contributed by atoms with E-state index in [9.17, 15) is 19.8 Å². The molecule has 2 aromatic carbocycles. The second kappa shape index (κ2) is 7.76. The van der Waals surface area contributed by atoms with Gasteiger partial charge in [-0.05, 0) is 61.2 Å². The summed E-state index contributed by atoms with van der Waals surface area (Å²) in [5, 5.41) is 20.4. The third-order valence-electron chi connectivity index (χ3n) is 6.07. The number of benzene rings is 2. The van der Waals surface area contributed by atoms with Crippen molar-refractivity contribution < 1.29 is 24.2 Å². The quantitative estimate of drug-likeness (QED) is 0.561. The van der Waals surface area contributed by atoms with Gasteiger partial charge in [-0.2, -0.15) is 0 Å². The van der Waals surface area contributed by atoms with Crippen LogP contribution in [-0.4, -0.2) is 26.7 Å². The van der Waals surface area contributed by atoms with Crippen molar-refractivity contribution in [1.29, 1.82) is 0 Å². The van der Waals surface area contributed by atoms with Crippen LogP contribution in [0.25, 0.3) is 10.9 Å². The molecular formula is C23H21ClFNO4. The predicted molar refractivity (Wildman–Crippen MR) is 112 cm³/mol. The summed E-state index contributed by atoms with van der Waals surface area (Å²) in [4.78, 5) is 25.4. The SMILES string of the molecule is Cc1c([C@H](CC2CCC2)C(=O)O)c2c(F)c(O)ccc2n1C(=O)c1ccc(Cl)cc1. The number of halogens is 2. The number of carbonyl (C=O) groups is 2. The normalized spacial score (nSPS) is 15.2. The predicted octanol–water partition coefficient (Wildman–Crippen LogP) is 5.49. The van der Waals surface area contributed by atoms with Crippen LogP contribution in [0.1, 0.15) is 53.2 Å². The van der Waals surface area contributed by atoms with E-state index in [4.69, 9.17) is 11.6 Å². The molecule has 1 heterocycles. The lowest BCUT2D eigenvalue weighted by molar-refractivity contribution is -0.139. The number of aromatic nitrogens is 1. The third kappa shape index (κ3) is 3.35. The van der Waals surface area contributed by atoms with Gasteiger partial charge in [-0.1, -0.05) is 30.9 Å². The molecule has 30 heavy (non-hydrogen) atoms. The fourth-order valence-electron chi connectivity index (χ4n) is 4.29. The van der Waals surface area contributed by atoms with Crippen molar-refractivity contribution in [3.63, 3.8) is 0 Å². The van der Waals surface area contributed by atoms with Crippen LogP contribution in [0, 0.1) is 18.7 Å². The van der Waals surface area contributed by atoms with E-state index in [0.717, 1.165) is 19.3 Å². The molecule has 0 aliphatic heterocycles. The maximum atomic E-state index is 15.0. The van der Waals surface area contributed by atoms with Crippen molar-refractivity contribution in [2.75, 3.05) is 0 Å². The fraction of sp³-hybridized carbons (Fsp3) is 0.304. The zero-order valence-electron chi connectivity index (χ0n) is 16.4. The summed E-state index contributed by atoms with van der Waals surface area (Å²) in [6, 6.07) is 8.92. The van der Waals surface area contributed by atoms with Gasteiger partial charge in [0.25, 0.3) is 5.91 Å². The molecule has 7 heteroatoms. The smallest absolute Gasteiger partial charge is 0.311 e. The summed E-state index contributed by atoms with van der Waals surface area (Å²) in [5.41, 5.74) is 1.18. The lowest BCUT2D eigenvalue weighted by Crippen LogP contribution is -2.21. The van der Waals surface area contributed by atoms with Crippen LogP contribution in [0.5, 0.6) is 5.75 Å². The highest BCUT2D eigenvalue weighted by molar-refractivity contribution is 6.30. The molecule has 0 unspecified atom stereocenters. The van der Waals surface area contributed by atoms with Gasteiger partial charge in [0.1, 0.15) is 0 Å². The molecule has 5 nitrogen and oxygen atoms in total. The Morgan fingerprint density at radius 2 is 1.87 bits per heavy atom. The Bertz CT molecular complexity index is 1150. The number of nitrogens with zero attached hydrogens (tertiary/aromatic N) is 1. The minimum Gasteiger partial charge on any atom is -0.505 e. The number of rotatable bonds is 5. The minimum absolute atomic E-state index is 0.0125. The number of hydrogen-bond acceptors (Lipinski definition) is 3. The summed E-state index contributed by atoms with van der Waals surface area (Å²) < 4.78 is 16.4. The molecule has 1 saturated carbocycles. The van der Waals surface area contributed by atoms with Gasteiger partial charge in [0.15, 0.2) is 11.6 Å². The van der Waals surface area contributed by atoms with Gasteiger partial charge in [-0.3, -0.25) is 14.2 Å². The number of carbonyl (C=O) groups excluding carboxylic acids is 1. The first kappa shape index (κ1) is 20.4. The summed E-state index contributed by atoms with van der Waals surface area (Å²) >= 11 is 5.91. The Balaban J connectivity index is 1.94. The van der Waals surface area contributed by atoms with Crippen molar-refractivity contribution in [2.45, 2.75) is 38.5 Å². The highest BCUT2D eigenvalue weighted by Gasteiger charge is 2.34. The third-order valence-corrected chi connectivity index (χ3v) is 6.32. The molecule has 2 N–H and O–H groups in total. The van der Waals surface area contributed by atoms with Gasteiger partial charge < -0.3 is 10.2 Å². The molecule has 0 spiro atoms. The van der Waals surface area contributed by atoms with Crippen molar-refractivity contribution >= 4 is 34.4 Å². The Labute approximate surface area is 177 Å². The van der Waals surface area contributed by atoms with Crippen LogP contribution < -0.4 is 0 Å². The first-order valence-corrected chi connectivity index (χ1v) is 10.2. The average Bonchev–Trinajstić information content (AvgIpc) is 2.96. The molecule has 1 atom stereocenters. The average molecular weight is 430 g/mol. The standard InChI is InChI=1S/C23H21ClFNO4/c1-12-19(16(23(29)30)11-13-3-2-4-13)20-17(9-10-18(27)21(20)25)26(12)22(28)14-5-7-15(24)8-6-14/h5-10,13,16,27H,2-4,11H2,1H3,(H,29,30)/t16-/m0/s1. The van der Waals surface area contributed by atoms with E-state index in [-0.39, 0.29) is 22.4 Å². The largest absolute Gasteiger partial charge is 0.505 e. The van der Waals surface area contributed by atoms with E-state index in [0.29, 0.717) is 22.7 Å². The highest BCUT2D eigenvalue weighted by Crippen LogP contribution is 2.42. The van der Waals surface area contributed by atoms with E-state index in [1.165, 1.54) is 16.7 Å². The molecule has 156 valence electrons. The van der Waals surface area contributed by atoms with Crippen LogP contribution >= 0.6 is 11.6 Å². The van der Waals surface area contributed by atoms with Gasteiger partial charge in [-0.15, -0.1) is 0 Å².